The van der Waals surface area contributed by atoms with E-state index in [4.69, 9.17) is 0 Å². The van der Waals surface area contributed by atoms with Crippen LogP contribution < -0.4 is 0 Å². The van der Waals surface area contributed by atoms with E-state index in [1.807, 2.05) is 12.1 Å². The number of aromatic nitrogens is 3. The number of carbonyl (C=O) groups excluding carboxylic acids is 1. The summed E-state index contributed by atoms with van der Waals surface area (Å²) in [7, 11) is -3.22. The molecule has 22 heavy (non-hydrogen) atoms. The van der Waals surface area contributed by atoms with Crippen LogP contribution in [0.2, 0.25) is 0 Å². The molecular weight excluding hydrogens is 306 g/mol. The molecule has 0 spiro atoms. The van der Waals surface area contributed by atoms with E-state index in [0.29, 0.717) is 24.1 Å². The molecule has 2 aromatic rings. The third-order valence-corrected chi connectivity index (χ3v) is 4.85. The van der Waals surface area contributed by atoms with Crippen LogP contribution in [0.5, 0.6) is 0 Å². The Balaban J connectivity index is 1.76. The van der Waals surface area contributed by atoms with Crippen LogP contribution in [0.1, 0.15) is 10.6 Å². The molecule has 3 rings (SSSR count). The fourth-order valence-electron chi connectivity index (χ4n) is 2.34. The van der Waals surface area contributed by atoms with Crippen molar-refractivity contribution in [1.29, 1.82) is 0 Å². The number of benzene rings is 1. The van der Waals surface area contributed by atoms with E-state index in [0.717, 1.165) is 0 Å². The van der Waals surface area contributed by atoms with Gasteiger partial charge in [0.2, 0.25) is 15.8 Å². The Bertz CT molecular complexity index is 815. The summed E-state index contributed by atoms with van der Waals surface area (Å²) in [6.45, 7) is 1.21. The maximum absolute atomic E-state index is 12.4. The largest absolute Gasteiger partial charge is 0.333 e. The molecule has 1 aliphatic rings. The summed E-state index contributed by atoms with van der Waals surface area (Å²) in [6.07, 6.45) is 1.17. The molecule has 8 nitrogen and oxygen atoms in total. The monoisotopic (exact) mass is 321 g/mol. The summed E-state index contributed by atoms with van der Waals surface area (Å²) >= 11 is 0. The zero-order valence-corrected chi connectivity index (χ0v) is 12.8. The average molecular weight is 321 g/mol. The molecule has 0 saturated carbocycles. The molecule has 2 heterocycles. The molecule has 1 aromatic carbocycles. The van der Waals surface area contributed by atoms with Gasteiger partial charge in [0.15, 0.2) is 0 Å². The molecule has 1 fully saturated rings. The summed E-state index contributed by atoms with van der Waals surface area (Å²) in [5, 5.41) is 7.85. The van der Waals surface area contributed by atoms with E-state index in [1.54, 1.807) is 17.0 Å². The van der Waals surface area contributed by atoms with Gasteiger partial charge in [-0.1, -0.05) is 12.1 Å². The van der Waals surface area contributed by atoms with Gasteiger partial charge in [0.05, 0.1) is 11.8 Å². The molecular formula is C13H15N5O3S. The van der Waals surface area contributed by atoms with Gasteiger partial charge in [-0.05, 0) is 12.1 Å². The molecule has 0 bridgehead atoms. The van der Waals surface area contributed by atoms with Crippen molar-refractivity contribution in [1.82, 2.24) is 24.4 Å². The van der Waals surface area contributed by atoms with E-state index in [2.05, 4.69) is 15.2 Å². The van der Waals surface area contributed by atoms with Crippen LogP contribution in [0.4, 0.5) is 0 Å². The fourth-order valence-corrected chi connectivity index (χ4v) is 3.16. The summed E-state index contributed by atoms with van der Waals surface area (Å²) in [4.78, 5) is 18.2. The smallest absolute Gasteiger partial charge is 0.293 e. The van der Waals surface area contributed by atoms with Crippen molar-refractivity contribution < 1.29 is 13.2 Å². The Morgan fingerprint density at radius 2 is 1.68 bits per heavy atom. The number of para-hydroxylation sites is 1. The minimum atomic E-state index is -3.22. The summed E-state index contributed by atoms with van der Waals surface area (Å²) in [6, 6.07) is 7.18. The molecule has 0 unspecified atom stereocenters. The average Bonchev–Trinajstić information content (AvgIpc) is 2.53. The lowest BCUT2D eigenvalue weighted by atomic mass is 10.3. The van der Waals surface area contributed by atoms with Crippen LogP contribution in [0.15, 0.2) is 24.3 Å². The van der Waals surface area contributed by atoms with E-state index in [-0.39, 0.29) is 24.8 Å². The number of nitrogens with zero attached hydrogens (tertiary/aromatic N) is 5. The van der Waals surface area contributed by atoms with Gasteiger partial charge in [-0.3, -0.25) is 4.79 Å². The molecule has 0 N–H and O–H groups in total. The van der Waals surface area contributed by atoms with Crippen molar-refractivity contribution in [2.75, 3.05) is 32.4 Å². The van der Waals surface area contributed by atoms with E-state index in [1.165, 1.54) is 10.6 Å². The summed E-state index contributed by atoms with van der Waals surface area (Å²) in [5.41, 5.74) is 1.23. The van der Waals surface area contributed by atoms with Gasteiger partial charge < -0.3 is 4.90 Å². The minimum absolute atomic E-state index is 0.0338. The highest BCUT2D eigenvalue weighted by atomic mass is 32.2. The number of carbonyl (C=O) groups is 1. The van der Waals surface area contributed by atoms with Gasteiger partial charge in [0, 0.05) is 26.2 Å². The molecule has 116 valence electrons. The predicted octanol–water partition coefficient (Wildman–Crippen LogP) is -0.258. The van der Waals surface area contributed by atoms with Gasteiger partial charge in [-0.25, -0.2) is 13.4 Å². The molecule has 9 heteroatoms. The first-order valence-electron chi connectivity index (χ1n) is 6.79. The third kappa shape index (κ3) is 2.90. The van der Waals surface area contributed by atoms with Crippen molar-refractivity contribution in [2.45, 2.75) is 0 Å². The van der Waals surface area contributed by atoms with Gasteiger partial charge >= 0.3 is 0 Å². The van der Waals surface area contributed by atoms with Crippen LogP contribution in [0.3, 0.4) is 0 Å². The highest BCUT2D eigenvalue weighted by Crippen LogP contribution is 2.11. The van der Waals surface area contributed by atoms with Crippen LogP contribution in [-0.2, 0) is 10.0 Å². The van der Waals surface area contributed by atoms with Crippen LogP contribution in [0.25, 0.3) is 11.0 Å². The highest BCUT2D eigenvalue weighted by molar-refractivity contribution is 7.88. The lowest BCUT2D eigenvalue weighted by Gasteiger charge is -2.32. The third-order valence-electron chi connectivity index (χ3n) is 3.55. The van der Waals surface area contributed by atoms with Crippen molar-refractivity contribution >= 4 is 27.0 Å². The molecule has 1 saturated heterocycles. The normalized spacial score (nSPS) is 16.9. The van der Waals surface area contributed by atoms with Crippen molar-refractivity contribution in [3.05, 3.63) is 30.1 Å². The predicted molar refractivity (Wildman–Crippen MR) is 79.7 cm³/mol. The lowest BCUT2D eigenvalue weighted by molar-refractivity contribution is 0.0685. The number of piperazine rings is 1. The lowest BCUT2D eigenvalue weighted by Crippen LogP contribution is -2.50. The first kappa shape index (κ1) is 14.8. The van der Waals surface area contributed by atoms with E-state index in [9.17, 15) is 13.2 Å². The number of sulfonamides is 1. The second kappa shape index (κ2) is 5.58. The Morgan fingerprint density at radius 1 is 1.05 bits per heavy atom. The SMILES string of the molecule is CS(=O)(=O)N1CCN(C(=O)c2nnc3ccccc3n2)CC1. The summed E-state index contributed by atoms with van der Waals surface area (Å²) < 4.78 is 24.3. The number of rotatable bonds is 2. The highest BCUT2D eigenvalue weighted by Gasteiger charge is 2.28. The Hall–Kier alpha value is -2.13. The van der Waals surface area contributed by atoms with Crippen LogP contribution in [-0.4, -0.2) is 71.1 Å². The van der Waals surface area contributed by atoms with Gasteiger partial charge in [0.1, 0.15) is 5.52 Å². The molecule has 1 aliphatic heterocycles. The van der Waals surface area contributed by atoms with E-state index < -0.39 is 10.0 Å². The number of fused-ring (bicyclic) bond motifs is 1. The molecule has 1 aromatic heterocycles. The number of hydrogen-bond donors (Lipinski definition) is 0. The van der Waals surface area contributed by atoms with Crippen molar-refractivity contribution in [3.8, 4) is 0 Å². The number of amides is 1. The standard InChI is InChI=1S/C13H15N5O3S/c1-22(20,21)18-8-6-17(7-9-18)13(19)12-14-10-4-2-3-5-11(10)15-16-12/h2-5H,6-9H2,1H3. The molecule has 0 aliphatic carbocycles. The second-order valence-electron chi connectivity index (χ2n) is 5.08. The Labute approximate surface area is 127 Å². The Kier molecular flexibility index (Phi) is 3.75. The van der Waals surface area contributed by atoms with Gasteiger partial charge in [-0.2, -0.15) is 4.31 Å². The summed E-state index contributed by atoms with van der Waals surface area (Å²) in [5.74, 6) is -0.294. The first-order valence-corrected chi connectivity index (χ1v) is 8.64. The number of hydrogen-bond acceptors (Lipinski definition) is 6. The second-order valence-corrected chi connectivity index (χ2v) is 7.06. The van der Waals surface area contributed by atoms with E-state index >= 15 is 0 Å². The molecule has 1 amide bonds. The first-order chi connectivity index (χ1) is 10.4. The zero-order chi connectivity index (χ0) is 15.7. The van der Waals surface area contributed by atoms with Crippen LogP contribution >= 0.6 is 0 Å². The Morgan fingerprint density at radius 3 is 2.32 bits per heavy atom. The maximum atomic E-state index is 12.4. The topological polar surface area (TPSA) is 96.4 Å². The quantitative estimate of drug-likeness (QED) is 0.756. The minimum Gasteiger partial charge on any atom is -0.333 e. The van der Waals surface area contributed by atoms with Gasteiger partial charge in [0.25, 0.3) is 5.91 Å². The maximum Gasteiger partial charge on any atom is 0.293 e. The fraction of sp³-hybridized carbons (Fsp3) is 0.385. The van der Waals surface area contributed by atoms with Crippen molar-refractivity contribution in [2.24, 2.45) is 0 Å². The van der Waals surface area contributed by atoms with Gasteiger partial charge in [-0.15, -0.1) is 10.2 Å². The molecule has 0 radical (unpaired) electrons. The zero-order valence-electron chi connectivity index (χ0n) is 12.0. The van der Waals surface area contributed by atoms with Crippen molar-refractivity contribution in [3.63, 3.8) is 0 Å². The molecule has 0 atom stereocenters. The van der Waals surface area contributed by atoms with Crippen LogP contribution in [0, 0.1) is 0 Å².